The zero-order valence-corrected chi connectivity index (χ0v) is 16.7. The molecule has 7 nitrogen and oxygen atoms in total. The summed E-state index contributed by atoms with van der Waals surface area (Å²) in [4.78, 5) is 12.2. The molecule has 0 bridgehead atoms. The molecule has 2 aromatic rings. The summed E-state index contributed by atoms with van der Waals surface area (Å²) in [6, 6.07) is 12.0. The third-order valence-electron chi connectivity index (χ3n) is 3.73. The van der Waals surface area contributed by atoms with Crippen molar-refractivity contribution in [2.24, 2.45) is 5.10 Å². The average Bonchev–Trinajstić information content (AvgIpc) is 2.65. The summed E-state index contributed by atoms with van der Waals surface area (Å²) >= 11 is 0. The Morgan fingerprint density at radius 3 is 2.29 bits per heavy atom. The fourth-order valence-corrected chi connectivity index (χ4v) is 3.20. The molecule has 0 aliphatic rings. The predicted molar refractivity (Wildman–Crippen MR) is 107 cm³/mol. The minimum absolute atomic E-state index is 0.186. The van der Waals surface area contributed by atoms with E-state index in [2.05, 4.69) is 10.5 Å². The van der Waals surface area contributed by atoms with E-state index in [1.165, 1.54) is 12.1 Å². The zero-order chi connectivity index (χ0) is 20.7. The standard InChI is InChI=1S/C19H22FN3O4S/c1-4-27-18-11-5-15(6-12-18)14(2)21-22-19(24)13-23(28(3,25)26)17-9-7-16(20)8-10-17/h5-12H,4,13H2,1-3H3,(H,22,24)/b21-14-. The van der Waals surface area contributed by atoms with Crippen LogP contribution in [0.25, 0.3) is 0 Å². The Labute approximate surface area is 163 Å². The van der Waals surface area contributed by atoms with Crippen molar-refractivity contribution in [3.63, 3.8) is 0 Å². The highest BCUT2D eigenvalue weighted by Crippen LogP contribution is 2.17. The van der Waals surface area contributed by atoms with Crippen LogP contribution in [0.1, 0.15) is 19.4 Å². The van der Waals surface area contributed by atoms with E-state index in [1.54, 1.807) is 31.2 Å². The van der Waals surface area contributed by atoms with Crippen LogP contribution in [0.3, 0.4) is 0 Å². The van der Waals surface area contributed by atoms with Crippen molar-refractivity contribution in [1.29, 1.82) is 0 Å². The number of rotatable bonds is 8. The van der Waals surface area contributed by atoms with Crippen molar-refractivity contribution in [1.82, 2.24) is 5.43 Å². The number of benzene rings is 2. The maximum Gasteiger partial charge on any atom is 0.260 e. The van der Waals surface area contributed by atoms with Crippen LogP contribution in [0.5, 0.6) is 5.75 Å². The Morgan fingerprint density at radius 1 is 1.14 bits per heavy atom. The molecule has 0 heterocycles. The van der Waals surface area contributed by atoms with Gasteiger partial charge in [-0.25, -0.2) is 18.2 Å². The number of hydrogen-bond donors (Lipinski definition) is 1. The summed E-state index contributed by atoms with van der Waals surface area (Å²) in [5.41, 5.74) is 3.85. The van der Waals surface area contributed by atoms with Gasteiger partial charge < -0.3 is 4.74 Å². The van der Waals surface area contributed by atoms with E-state index in [4.69, 9.17) is 4.74 Å². The number of nitrogens with zero attached hydrogens (tertiary/aromatic N) is 2. The number of sulfonamides is 1. The van der Waals surface area contributed by atoms with Gasteiger partial charge in [-0.05, 0) is 67.9 Å². The number of carbonyl (C=O) groups excluding carboxylic acids is 1. The highest BCUT2D eigenvalue weighted by molar-refractivity contribution is 7.92. The van der Waals surface area contributed by atoms with E-state index in [0.717, 1.165) is 34.0 Å². The zero-order valence-electron chi connectivity index (χ0n) is 15.8. The maximum atomic E-state index is 13.1. The number of hydrogen-bond acceptors (Lipinski definition) is 5. The van der Waals surface area contributed by atoms with Gasteiger partial charge in [0.2, 0.25) is 10.0 Å². The van der Waals surface area contributed by atoms with Crippen molar-refractivity contribution >= 4 is 27.3 Å². The monoisotopic (exact) mass is 407 g/mol. The highest BCUT2D eigenvalue weighted by Gasteiger charge is 2.20. The van der Waals surface area contributed by atoms with Gasteiger partial charge in [-0.15, -0.1) is 0 Å². The van der Waals surface area contributed by atoms with Gasteiger partial charge in [0, 0.05) is 0 Å². The molecule has 0 saturated carbocycles. The minimum Gasteiger partial charge on any atom is -0.494 e. The SMILES string of the molecule is CCOc1ccc(/C(C)=N\NC(=O)CN(c2ccc(F)cc2)S(C)(=O)=O)cc1. The Morgan fingerprint density at radius 2 is 1.75 bits per heavy atom. The molecule has 9 heteroatoms. The number of carbonyl (C=O) groups is 1. The lowest BCUT2D eigenvalue weighted by atomic mass is 10.1. The summed E-state index contributed by atoms with van der Waals surface area (Å²) in [5, 5.41) is 4.01. The molecule has 0 fully saturated rings. The molecular weight excluding hydrogens is 385 g/mol. The van der Waals surface area contributed by atoms with Gasteiger partial charge in [0.05, 0.1) is 24.3 Å². The van der Waals surface area contributed by atoms with Gasteiger partial charge in [0.15, 0.2) is 0 Å². The van der Waals surface area contributed by atoms with Crippen LogP contribution in [-0.4, -0.2) is 39.4 Å². The first kappa shape index (κ1) is 21.4. The molecule has 28 heavy (non-hydrogen) atoms. The maximum absolute atomic E-state index is 13.1. The van der Waals surface area contributed by atoms with Crippen molar-refractivity contribution in [2.45, 2.75) is 13.8 Å². The minimum atomic E-state index is -3.74. The second-order valence-electron chi connectivity index (χ2n) is 5.94. The number of amides is 1. The largest absolute Gasteiger partial charge is 0.494 e. The van der Waals surface area contributed by atoms with E-state index in [-0.39, 0.29) is 5.69 Å². The molecule has 2 aromatic carbocycles. The molecule has 0 unspecified atom stereocenters. The van der Waals surface area contributed by atoms with Gasteiger partial charge in [-0.1, -0.05) is 0 Å². The number of halogens is 1. The molecule has 150 valence electrons. The van der Waals surface area contributed by atoms with Gasteiger partial charge in [-0.3, -0.25) is 9.10 Å². The molecule has 0 aliphatic carbocycles. The second-order valence-corrected chi connectivity index (χ2v) is 7.84. The first-order valence-corrected chi connectivity index (χ1v) is 10.3. The fourth-order valence-electron chi connectivity index (χ4n) is 2.34. The summed E-state index contributed by atoms with van der Waals surface area (Å²) in [5.74, 6) is -0.400. The topological polar surface area (TPSA) is 88.1 Å². The first-order chi connectivity index (χ1) is 13.2. The molecular formula is C19H22FN3O4S. The summed E-state index contributed by atoms with van der Waals surface area (Å²) in [6.07, 6.45) is 0.970. The van der Waals surface area contributed by atoms with Crippen LogP contribution in [0.2, 0.25) is 0 Å². The lowest BCUT2D eigenvalue weighted by molar-refractivity contribution is -0.119. The Hall–Kier alpha value is -2.94. The summed E-state index contributed by atoms with van der Waals surface area (Å²) in [6.45, 7) is 3.68. The number of nitrogens with one attached hydrogen (secondary N) is 1. The summed E-state index contributed by atoms with van der Waals surface area (Å²) < 4.78 is 43.3. The molecule has 2 rings (SSSR count). The first-order valence-electron chi connectivity index (χ1n) is 8.50. The fraction of sp³-hybridized carbons (Fsp3) is 0.263. The van der Waals surface area contributed by atoms with Crippen LogP contribution in [0.15, 0.2) is 53.6 Å². The number of ether oxygens (including phenoxy) is 1. The van der Waals surface area contributed by atoms with Gasteiger partial charge in [-0.2, -0.15) is 5.10 Å². The third-order valence-corrected chi connectivity index (χ3v) is 4.87. The number of hydrazone groups is 1. The van der Waals surface area contributed by atoms with Crippen molar-refractivity contribution in [3.05, 3.63) is 59.9 Å². The van der Waals surface area contributed by atoms with Crippen LogP contribution >= 0.6 is 0 Å². The number of anilines is 1. The van der Waals surface area contributed by atoms with Gasteiger partial charge in [0.25, 0.3) is 5.91 Å². The van der Waals surface area contributed by atoms with E-state index in [0.29, 0.717) is 12.3 Å². The van der Waals surface area contributed by atoms with Gasteiger partial charge in [0.1, 0.15) is 18.1 Å². The molecule has 0 saturated heterocycles. The van der Waals surface area contributed by atoms with Crippen molar-refractivity contribution in [3.8, 4) is 5.75 Å². The van der Waals surface area contributed by atoms with E-state index in [1.807, 2.05) is 6.92 Å². The van der Waals surface area contributed by atoms with Crippen molar-refractivity contribution in [2.75, 3.05) is 23.7 Å². The van der Waals surface area contributed by atoms with E-state index in [9.17, 15) is 17.6 Å². The van der Waals surface area contributed by atoms with Crippen molar-refractivity contribution < 1.29 is 22.3 Å². The van der Waals surface area contributed by atoms with Crippen LogP contribution < -0.4 is 14.5 Å². The molecule has 0 radical (unpaired) electrons. The highest BCUT2D eigenvalue weighted by atomic mass is 32.2. The van der Waals surface area contributed by atoms with E-state index >= 15 is 0 Å². The molecule has 1 N–H and O–H groups in total. The van der Waals surface area contributed by atoms with Crippen LogP contribution in [0.4, 0.5) is 10.1 Å². The summed E-state index contributed by atoms with van der Waals surface area (Å²) in [7, 11) is -3.74. The molecule has 0 aliphatic heterocycles. The van der Waals surface area contributed by atoms with Crippen LogP contribution in [0, 0.1) is 5.82 Å². The quantitative estimate of drug-likeness (QED) is 0.538. The Bertz CT molecular complexity index is 942. The Kier molecular flexibility index (Phi) is 7.11. The molecule has 0 aromatic heterocycles. The lowest BCUT2D eigenvalue weighted by Crippen LogP contribution is -2.39. The third kappa shape index (κ3) is 6.05. The second kappa shape index (κ2) is 9.32. The predicted octanol–water partition coefficient (Wildman–Crippen LogP) is 2.53. The molecule has 0 atom stereocenters. The lowest BCUT2D eigenvalue weighted by Gasteiger charge is -2.21. The normalized spacial score (nSPS) is 11.8. The van der Waals surface area contributed by atoms with Crippen LogP contribution in [-0.2, 0) is 14.8 Å². The van der Waals surface area contributed by atoms with Gasteiger partial charge >= 0.3 is 0 Å². The average molecular weight is 407 g/mol. The molecule has 1 amide bonds. The smallest absolute Gasteiger partial charge is 0.260 e. The molecule has 0 spiro atoms. The van der Waals surface area contributed by atoms with E-state index < -0.39 is 28.3 Å². The Balaban J connectivity index is 2.07.